The number of terminal acetylenes is 1. The molecule has 2 aromatic rings. The number of nitrogens with zero attached hydrogens (tertiary/aromatic N) is 2. The highest BCUT2D eigenvalue weighted by atomic mass is 127. The third-order valence-electron chi connectivity index (χ3n) is 5.55. The van der Waals surface area contributed by atoms with E-state index in [1.165, 1.54) is 29.8 Å². The van der Waals surface area contributed by atoms with E-state index in [1.807, 2.05) is 30.5 Å². The lowest BCUT2D eigenvalue weighted by molar-refractivity contribution is 0.125. The molecule has 0 amide bonds. The van der Waals surface area contributed by atoms with E-state index in [0.717, 1.165) is 31.2 Å². The Balaban J connectivity index is 0.00000341. The molecule has 2 atom stereocenters. The first-order valence-corrected chi connectivity index (χ1v) is 11.4. The molecule has 5 nitrogen and oxygen atoms in total. The first-order valence-electron chi connectivity index (χ1n) is 10.5. The molecular formula is C24H33IN4OS. The normalized spacial score (nSPS) is 19.2. The fraction of sp³-hybridized carbons (Fsp3) is 0.458. The second kappa shape index (κ2) is 13.6. The van der Waals surface area contributed by atoms with Gasteiger partial charge in [0.15, 0.2) is 5.96 Å². The van der Waals surface area contributed by atoms with Crippen LogP contribution in [0.15, 0.2) is 46.8 Å². The lowest BCUT2D eigenvalue weighted by atomic mass is 9.88. The topological polar surface area (TPSA) is 48.9 Å². The maximum atomic E-state index is 5.42. The van der Waals surface area contributed by atoms with Gasteiger partial charge in [-0.3, -0.25) is 9.89 Å². The van der Waals surface area contributed by atoms with E-state index in [1.54, 1.807) is 0 Å². The Bertz CT molecular complexity index is 832. The quantitative estimate of drug-likeness (QED) is 0.224. The van der Waals surface area contributed by atoms with Gasteiger partial charge in [0, 0.05) is 31.1 Å². The summed E-state index contributed by atoms with van der Waals surface area (Å²) in [5, 5.41) is 9.16. The van der Waals surface area contributed by atoms with Crippen LogP contribution in [0.25, 0.3) is 0 Å². The number of nitrogens with one attached hydrogen (secondary N) is 2. The number of thiophene rings is 1. The van der Waals surface area contributed by atoms with E-state index in [-0.39, 0.29) is 24.0 Å². The zero-order valence-corrected chi connectivity index (χ0v) is 21.5. The van der Waals surface area contributed by atoms with Crippen molar-refractivity contribution in [2.24, 2.45) is 10.9 Å². The van der Waals surface area contributed by atoms with Crippen molar-refractivity contribution in [3.05, 3.63) is 52.2 Å². The van der Waals surface area contributed by atoms with Crippen molar-refractivity contribution >= 4 is 41.3 Å². The summed E-state index contributed by atoms with van der Waals surface area (Å²) in [6, 6.07) is 13.0. The van der Waals surface area contributed by atoms with Gasteiger partial charge in [0.1, 0.15) is 12.4 Å². The Hall–Kier alpha value is -1.76. The van der Waals surface area contributed by atoms with E-state index in [0.29, 0.717) is 18.6 Å². The SMILES string of the molecule is C#CCOc1ccc(CCNC(=NC)NCC2CCCN(C)C2c2cccs2)cc1.I. The van der Waals surface area contributed by atoms with Crippen molar-refractivity contribution < 1.29 is 4.74 Å². The van der Waals surface area contributed by atoms with Crippen molar-refractivity contribution in [3.63, 3.8) is 0 Å². The van der Waals surface area contributed by atoms with Gasteiger partial charge in [-0.2, -0.15) is 0 Å². The predicted octanol–water partition coefficient (Wildman–Crippen LogP) is 4.17. The van der Waals surface area contributed by atoms with Crippen LogP contribution < -0.4 is 15.4 Å². The van der Waals surface area contributed by atoms with Gasteiger partial charge in [-0.1, -0.05) is 24.1 Å². The zero-order valence-electron chi connectivity index (χ0n) is 18.3. The molecule has 0 spiro atoms. The van der Waals surface area contributed by atoms with Crippen molar-refractivity contribution in [3.8, 4) is 18.1 Å². The van der Waals surface area contributed by atoms with Crippen LogP contribution in [-0.4, -0.2) is 51.2 Å². The van der Waals surface area contributed by atoms with Gasteiger partial charge >= 0.3 is 0 Å². The van der Waals surface area contributed by atoms with Gasteiger partial charge in [0.05, 0.1) is 0 Å². The molecule has 2 N–H and O–H groups in total. The number of guanidine groups is 1. The second-order valence-electron chi connectivity index (χ2n) is 7.61. The molecule has 1 aromatic carbocycles. The third-order valence-corrected chi connectivity index (χ3v) is 6.49. The molecule has 7 heteroatoms. The largest absolute Gasteiger partial charge is 0.481 e. The molecule has 1 aliphatic rings. The van der Waals surface area contributed by atoms with Gasteiger partial charge in [-0.25, -0.2) is 0 Å². The van der Waals surface area contributed by atoms with Crippen LogP contribution in [0.1, 0.15) is 29.3 Å². The van der Waals surface area contributed by atoms with Crippen LogP contribution in [0, 0.1) is 18.3 Å². The average Bonchev–Trinajstić information content (AvgIpc) is 3.30. The number of hydrogen-bond donors (Lipinski definition) is 2. The Morgan fingerprint density at radius 2 is 2.10 bits per heavy atom. The Morgan fingerprint density at radius 3 is 2.77 bits per heavy atom. The van der Waals surface area contributed by atoms with Crippen molar-refractivity contribution in [2.75, 3.05) is 40.3 Å². The Labute approximate surface area is 207 Å². The van der Waals surface area contributed by atoms with E-state index in [2.05, 4.69) is 63.1 Å². The van der Waals surface area contributed by atoms with Gasteiger partial charge in [0.25, 0.3) is 0 Å². The molecule has 1 aromatic heterocycles. The minimum Gasteiger partial charge on any atom is -0.481 e. The number of aliphatic imine (C=N–C) groups is 1. The standard InChI is InChI=1S/C24H32N4OS.HI/c1-4-16-29-21-11-9-19(10-12-21)13-14-26-24(25-2)27-18-20-7-5-15-28(3)23(20)22-8-6-17-30-22;/h1,6,8-12,17,20,23H,5,7,13-16,18H2,2-3H3,(H2,25,26,27);1H. The van der Waals surface area contributed by atoms with E-state index in [9.17, 15) is 0 Å². The minimum absolute atomic E-state index is 0. The summed E-state index contributed by atoms with van der Waals surface area (Å²) < 4.78 is 5.42. The highest BCUT2D eigenvalue weighted by Crippen LogP contribution is 2.36. The summed E-state index contributed by atoms with van der Waals surface area (Å²) in [6.45, 7) is 3.21. The average molecular weight is 553 g/mol. The maximum absolute atomic E-state index is 5.42. The fourth-order valence-corrected chi connectivity index (χ4v) is 5.02. The van der Waals surface area contributed by atoms with Crippen molar-refractivity contribution in [1.29, 1.82) is 0 Å². The zero-order chi connectivity index (χ0) is 21.2. The summed E-state index contributed by atoms with van der Waals surface area (Å²) in [6.07, 6.45) is 8.63. The summed E-state index contributed by atoms with van der Waals surface area (Å²) in [5.41, 5.74) is 1.25. The Morgan fingerprint density at radius 1 is 1.29 bits per heavy atom. The molecule has 168 valence electrons. The lowest BCUT2D eigenvalue weighted by Gasteiger charge is -2.39. The van der Waals surface area contributed by atoms with E-state index in [4.69, 9.17) is 11.2 Å². The number of hydrogen-bond acceptors (Lipinski definition) is 4. The monoisotopic (exact) mass is 552 g/mol. The molecule has 31 heavy (non-hydrogen) atoms. The van der Waals surface area contributed by atoms with Gasteiger partial charge in [-0.05, 0) is 67.9 Å². The van der Waals surface area contributed by atoms with Gasteiger partial charge in [0.2, 0.25) is 0 Å². The van der Waals surface area contributed by atoms with Crippen LogP contribution in [0.3, 0.4) is 0 Å². The molecule has 1 saturated heterocycles. The van der Waals surface area contributed by atoms with Crippen LogP contribution in [0.2, 0.25) is 0 Å². The smallest absolute Gasteiger partial charge is 0.190 e. The summed E-state index contributed by atoms with van der Waals surface area (Å²) in [4.78, 5) is 8.36. The molecule has 0 radical (unpaired) electrons. The molecule has 0 aliphatic carbocycles. The number of likely N-dealkylation sites (tertiary alicyclic amines) is 1. The first-order chi connectivity index (χ1) is 14.7. The maximum Gasteiger partial charge on any atom is 0.190 e. The van der Waals surface area contributed by atoms with Gasteiger partial charge in [-0.15, -0.1) is 41.7 Å². The number of benzene rings is 1. The summed E-state index contributed by atoms with van der Waals surface area (Å²) in [5.74, 6) is 4.73. The van der Waals surface area contributed by atoms with Crippen LogP contribution >= 0.6 is 35.3 Å². The van der Waals surface area contributed by atoms with Crippen LogP contribution in [0.4, 0.5) is 0 Å². The molecule has 0 bridgehead atoms. The third kappa shape index (κ3) is 7.70. The van der Waals surface area contributed by atoms with E-state index < -0.39 is 0 Å². The fourth-order valence-electron chi connectivity index (χ4n) is 4.03. The van der Waals surface area contributed by atoms with Crippen LogP contribution in [0.5, 0.6) is 5.75 Å². The minimum atomic E-state index is 0. The highest BCUT2D eigenvalue weighted by molar-refractivity contribution is 14.0. The summed E-state index contributed by atoms with van der Waals surface area (Å²) >= 11 is 1.86. The van der Waals surface area contributed by atoms with Crippen LogP contribution in [-0.2, 0) is 6.42 Å². The molecule has 2 unspecified atom stereocenters. The molecule has 0 saturated carbocycles. The predicted molar refractivity (Wildman–Crippen MR) is 142 cm³/mol. The van der Waals surface area contributed by atoms with E-state index >= 15 is 0 Å². The lowest BCUT2D eigenvalue weighted by Crippen LogP contribution is -2.45. The second-order valence-corrected chi connectivity index (χ2v) is 8.59. The highest BCUT2D eigenvalue weighted by Gasteiger charge is 2.31. The molecular weight excluding hydrogens is 519 g/mol. The van der Waals surface area contributed by atoms with Crippen molar-refractivity contribution in [1.82, 2.24) is 15.5 Å². The molecule has 1 aliphatic heterocycles. The number of piperidine rings is 1. The Kier molecular flexibility index (Phi) is 11.2. The van der Waals surface area contributed by atoms with Gasteiger partial charge < -0.3 is 15.4 Å². The first kappa shape index (κ1) is 25.5. The molecule has 3 rings (SSSR count). The molecule has 2 heterocycles. The number of ether oxygens (including phenoxy) is 1. The summed E-state index contributed by atoms with van der Waals surface area (Å²) in [7, 11) is 4.07. The molecule has 1 fully saturated rings. The number of rotatable bonds is 8. The number of halogens is 1. The van der Waals surface area contributed by atoms with Crippen molar-refractivity contribution in [2.45, 2.75) is 25.3 Å².